The molecule has 0 spiro atoms. The number of nitrogens with one attached hydrogen (secondary N) is 1. The molecule has 1 aliphatic rings. The summed E-state index contributed by atoms with van der Waals surface area (Å²) in [5, 5.41) is 3.16. The summed E-state index contributed by atoms with van der Waals surface area (Å²) < 4.78 is 36.4. The predicted molar refractivity (Wildman–Crippen MR) is 126 cm³/mol. The van der Waals surface area contributed by atoms with Crippen molar-refractivity contribution < 1.29 is 32.9 Å². The van der Waals surface area contributed by atoms with Gasteiger partial charge in [0.1, 0.15) is 17.2 Å². The highest BCUT2D eigenvalue weighted by Gasteiger charge is 2.54. The molecule has 0 aromatic heterocycles. The second-order valence-corrected chi connectivity index (χ2v) is 7.77. The number of hydrogen-bond acceptors (Lipinski definition) is 7. The van der Waals surface area contributed by atoms with Crippen LogP contribution in [0, 0.1) is 5.82 Å². The van der Waals surface area contributed by atoms with Gasteiger partial charge in [0.2, 0.25) is 0 Å². The fourth-order valence-corrected chi connectivity index (χ4v) is 4.09. The van der Waals surface area contributed by atoms with Crippen LogP contribution in [0.25, 0.3) is 0 Å². The Hall–Kier alpha value is -4.01. The van der Waals surface area contributed by atoms with Crippen molar-refractivity contribution in [3.63, 3.8) is 0 Å². The first-order valence-electron chi connectivity index (χ1n) is 10.9. The predicted octanol–water partition coefficient (Wildman–Crippen LogP) is 4.87. The van der Waals surface area contributed by atoms with E-state index in [1.54, 1.807) is 60.7 Å². The molecule has 1 N–H and O–H groups in total. The molecule has 3 aromatic carbocycles. The van der Waals surface area contributed by atoms with Gasteiger partial charge >= 0.3 is 11.9 Å². The van der Waals surface area contributed by atoms with Crippen LogP contribution in [0.3, 0.4) is 0 Å². The van der Waals surface area contributed by atoms with Crippen LogP contribution in [0.2, 0.25) is 0 Å². The third-order valence-electron chi connectivity index (χ3n) is 5.67. The average molecular weight is 477 g/mol. The normalized spacial score (nSPS) is 19.1. The largest absolute Gasteiger partial charge is 0.457 e. The fraction of sp³-hybridized carbons (Fsp3) is 0.185. The monoisotopic (exact) mass is 477 g/mol. The van der Waals surface area contributed by atoms with Crippen LogP contribution in [0.4, 0.5) is 4.39 Å². The number of halogens is 1. The highest BCUT2D eigenvalue weighted by atomic mass is 19.1. The molecule has 1 fully saturated rings. The molecule has 1 aliphatic heterocycles. The molecule has 8 heteroatoms. The summed E-state index contributed by atoms with van der Waals surface area (Å²) >= 11 is 0. The number of esters is 2. The molecule has 35 heavy (non-hydrogen) atoms. The highest BCUT2D eigenvalue weighted by molar-refractivity contribution is 5.97. The van der Waals surface area contributed by atoms with Crippen LogP contribution in [-0.4, -0.2) is 31.7 Å². The van der Waals surface area contributed by atoms with Crippen LogP contribution in [0.5, 0.6) is 23.0 Å². The summed E-state index contributed by atoms with van der Waals surface area (Å²) in [4.78, 5) is 25.1. The molecule has 0 saturated carbocycles. The Kier molecular flexibility index (Phi) is 7.24. The Morgan fingerprint density at radius 3 is 2.34 bits per heavy atom. The van der Waals surface area contributed by atoms with E-state index in [1.165, 1.54) is 19.2 Å². The van der Waals surface area contributed by atoms with Gasteiger partial charge < -0.3 is 18.9 Å². The molecule has 0 aliphatic carbocycles. The zero-order chi connectivity index (χ0) is 24.8. The lowest BCUT2D eigenvalue weighted by molar-refractivity contribution is -0.165. The molecule has 0 amide bonds. The van der Waals surface area contributed by atoms with E-state index >= 15 is 0 Å². The maximum atomic E-state index is 14.0. The number of rotatable bonds is 8. The Labute approximate surface area is 202 Å². The summed E-state index contributed by atoms with van der Waals surface area (Å²) in [6.45, 7) is 3.81. The van der Waals surface area contributed by atoms with E-state index in [2.05, 4.69) is 11.9 Å². The SMILES string of the molecule is C=CC(=O)OC(=O)C1(c2ccccc2Oc2cccc(Oc3ccccc3F)c2)NCCC1OC. The van der Waals surface area contributed by atoms with E-state index in [1.807, 2.05) is 0 Å². The highest BCUT2D eigenvalue weighted by Crippen LogP contribution is 2.41. The van der Waals surface area contributed by atoms with E-state index in [0.717, 1.165) is 6.08 Å². The van der Waals surface area contributed by atoms with Crippen molar-refractivity contribution in [2.45, 2.75) is 18.1 Å². The maximum absolute atomic E-state index is 14.0. The van der Waals surface area contributed by atoms with Gasteiger partial charge in [0.05, 0.1) is 6.10 Å². The molecule has 0 bridgehead atoms. The molecule has 4 rings (SSSR count). The van der Waals surface area contributed by atoms with Gasteiger partial charge in [0.25, 0.3) is 0 Å². The lowest BCUT2D eigenvalue weighted by Crippen LogP contribution is -2.53. The molecule has 180 valence electrons. The number of benzene rings is 3. The van der Waals surface area contributed by atoms with Gasteiger partial charge in [0.15, 0.2) is 17.1 Å². The van der Waals surface area contributed by atoms with Gasteiger partial charge in [-0.25, -0.2) is 14.0 Å². The maximum Gasteiger partial charge on any atom is 0.341 e. The first-order chi connectivity index (χ1) is 17.0. The van der Waals surface area contributed by atoms with Crippen molar-refractivity contribution >= 4 is 11.9 Å². The van der Waals surface area contributed by atoms with Crippen LogP contribution in [-0.2, 0) is 24.6 Å². The van der Waals surface area contributed by atoms with E-state index < -0.39 is 29.4 Å². The zero-order valence-corrected chi connectivity index (χ0v) is 19.0. The minimum Gasteiger partial charge on any atom is -0.457 e. The van der Waals surface area contributed by atoms with E-state index in [4.69, 9.17) is 18.9 Å². The van der Waals surface area contributed by atoms with Gasteiger partial charge in [-0.2, -0.15) is 0 Å². The summed E-state index contributed by atoms with van der Waals surface area (Å²) in [7, 11) is 1.49. The van der Waals surface area contributed by atoms with Gasteiger partial charge in [-0.15, -0.1) is 0 Å². The molecule has 3 aromatic rings. The van der Waals surface area contributed by atoms with Gasteiger partial charge in [-0.05, 0) is 43.3 Å². The molecule has 7 nitrogen and oxygen atoms in total. The number of hydrogen-bond donors (Lipinski definition) is 1. The Bertz CT molecular complexity index is 1250. The van der Waals surface area contributed by atoms with Crippen LogP contribution < -0.4 is 14.8 Å². The fourth-order valence-electron chi connectivity index (χ4n) is 4.09. The van der Waals surface area contributed by atoms with Crippen molar-refractivity contribution in [1.82, 2.24) is 5.32 Å². The standard InChI is InChI=1S/C27H24FNO6/c1-3-25(30)35-26(31)27(24(32-2)15-16-29-27)20-11-4-6-13-22(20)33-18-9-8-10-19(17-18)34-23-14-7-5-12-21(23)28/h3-14,17,24,29H,1,15-16H2,2H3. The Balaban J connectivity index is 1.68. The number of para-hydroxylation sites is 2. The summed E-state index contributed by atoms with van der Waals surface area (Å²) in [5.74, 6) is -0.995. The molecule has 1 heterocycles. The van der Waals surface area contributed by atoms with Crippen molar-refractivity contribution in [3.05, 3.63) is 96.8 Å². The van der Waals surface area contributed by atoms with Crippen molar-refractivity contribution in [3.8, 4) is 23.0 Å². The van der Waals surface area contributed by atoms with Crippen LogP contribution in [0.15, 0.2) is 85.5 Å². The van der Waals surface area contributed by atoms with Gasteiger partial charge in [-0.1, -0.05) is 43.0 Å². The smallest absolute Gasteiger partial charge is 0.341 e. The summed E-state index contributed by atoms with van der Waals surface area (Å²) in [5.41, 5.74) is -1.04. The van der Waals surface area contributed by atoms with E-state index in [-0.39, 0.29) is 5.75 Å². The lowest BCUT2D eigenvalue weighted by atomic mass is 9.85. The number of methoxy groups -OCH3 is 1. The average Bonchev–Trinajstić information content (AvgIpc) is 3.31. The quantitative estimate of drug-likeness (QED) is 0.282. The van der Waals surface area contributed by atoms with Gasteiger partial charge in [-0.3, -0.25) is 5.32 Å². The first kappa shape index (κ1) is 24.1. The molecule has 1 saturated heterocycles. The molecule has 2 unspecified atom stereocenters. The topological polar surface area (TPSA) is 83.1 Å². The zero-order valence-electron chi connectivity index (χ0n) is 19.0. The first-order valence-corrected chi connectivity index (χ1v) is 10.9. The molecular weight excluding hydrogens is 453 g/mol. The third-order valence-corrected chi connectivity index (χ3v) is 5.67. The van der Waals surface area contributed by atoms with Crippen molar-refractivity contribution in [1.29, 1.82) is 0 Å². The lowest BCUT2D eigenvalue weighted by Gasteiger charge is -2.33. The third kappa shape index (κ3) is 4.94. The minimum absolute atomic E-state index is 0.0803. The number of carbonyl (C=O) groups excluding carboxylic acids is 2. The van der Waals surface area contributed by atoms with Gasteiger partial charge in [0, 0.05) is 24.8 Å². The summed E-state index contributed by atoms with van der Waals surface area (Å²) in [6.07, 6.45) is 0.813. The number of ether oxygens (including phenoxy) is 4. The van der Waals surface area contributed by atoms with E-state index in [0.29, 0.717) is 35.8 Å². The molecular formula is C27H24FNO6. The minimum atomic E-state index is -1.48. The van der Waals surface area contributed by atoms with Crippen LogP contribution >= 0.6 is 0 Å². The van der Waals surface area contributed by atoms with Crippen molar-refractivity contribution in [2.24, 2.45) is 0 Å². The summed E-state index contributed by atoms with van der Waals surface area (Å²) in [6, 6.07) is 19.7. The van der Waals surface area contributed by atoms with Crippen LogP contribution in [0.1, 0.15) is 12.0 Å². The number of carbonyl (C=O) groups is 2. The second kappa shape index (κ2) is 10.5. The Morgan fingerprint density at radius 2 is 1.66 bits per heavy atom. The second-order valence-electron chi connectivity index (χ2n) is 7.77. The Morgan fingerprint density at radius 1 is 1.00 bits per heavy atom. The molecule has 2 atom stereocenters. The van der Waals surface area contributed by atoms with E-state index in [9.17, 15) is 14.0 Å². The molecule has 0 radical (unpaired) electrons. The van der Waals surface area contributed by atoms with Crippen molar-refractivity contribution in [2.75, 3.05) is 13.7 Å².